The van der Waals surface area contributed by atoms with Gasteiger partial charge in [-0.05, 0) is 111 Å². The quantitative estimate of drug-likeness (QED) is 0.202. The van der Waals surface area contributed by atoms with Crippen molar-refractivity contribution in [3.05, 3.63) is 92.1 Å². The van der Waals surface area contributed by atoms with Crippen LogP contribution in [0.1, 0.15) is 70.9 Å². The van der Waals surface area contributed by atoms with E-state index >= 15 is 4.39 Å². The molecule has 0 aliphatic carbocycles. The van der Waals surface area contributed by atoms with E-state index in [0.29, 0.717) is 24.2 Å². The molecule has 0 saturated heterocycles. The normalized spacial score (nSPS) is 13.0. The smallest absolute Gasteiger partial charge is 0.416 e. The minimum Gasteiger partial charge on any atom is -0.481 e. The molecule has 0 aliphatic heterocycles. The van der Waals surface area contributed by atoms with Crippen molar-refractivity contribution in [2.75, 3.05) is 20.6 Å². The molecule has 3 aromatic rings. The number of aliphatic carboxylic acids is 1. The second-order valence-electron chi connectivity index (χ2n) is 12.7. The molecule has 0 aliphatic rings. The maximum absolute atomic E-state index is 15.7. The predicted octanol–water partition coefficient (Wildman–Crippen LogP) is 5.64. The van der Waals surface area contributed by atoms with Gasteiger partial charge in [-0.3, -0.25) is 19.2 Å². The molecule has 0 bridgehead atoms. The van der Waals surface area contributed by atoms with Crippen molar-refractivity contribution in [2.24, 2.45) is 5.92 Å². The van der Waals surface area contributed by atoms with Crippen LogP contribution in [-0.2, 0) is 22.3 Å². The minimum absolute atomic E-state index is 0.0903. The number of pyridine rings is 1. The fourth-order valence-electron chi connectivity index (χ4n) is 5.60. The molecule has 9 nitrogen and oxygen atoms in total. The van der Waals surface area contributed by atoms with E-state index in [1.54, 1.807) is 26.1 Å². The average Bonchev–Trinajstić information content (AvgIpc) is 2.96. The number of alkyl halides is 3. The lowest BCUT2D eigenvalue weighted by atomic mass is 9.89. The van der Waals surface area contributed by atoms with Gasteiger partial charge in [-0.15, -0.1) is 0 Å². The van der Waals surface area contributed by atoms with E-state index in [-0.39, 0.29) is 40.2 Å². The molecule has 2 atom stereocenters. The lowest BCUT2D eigenvalue weighted by Crippen LogP contribution is -2.49. The number of nitrogens with one attached hydrogen (secondary N) is 2. The number of benzene rings is 2. The monoisotopic (exact) mass is 674 g/mol. The largest absolute Gasteiger partial charge is 0.481 e. The van der Waals surface area contributed by atoms with Gasteiger partial charge in [0.25, 0.3) is 11.5 Å². The summed E-state index contributed by atoms with van der Waals surface area (Å²) in [5, 5.41) is 14.9. The number of rotatable bonds is 13. The van der Waals surface area contributed by atoms with E-state index in [4.69, 9.17) is 0 Å². The van der Waals surface area contributed by atoms with Crippen LogP contribution >= 0.6 is 0 Å². The first-order valence-electron chi connectivity index (χ1n) is 15.5. The molecule has 3 N–H and O–H groups in total. The van der Waals surface area contributed by atoms with Crippen LogP contribution < -0.4 is 16.2 Å². The summed E-state index contributed by atoms with van der Waals surface area (Å²) in [6.45, 7) is 8.91. The fourth-order valence-corrected chi connectivity index (χ4v) is 5.60. The van der Waals surface area contributed by atoms with Crippen LogP contribution in [0.5, 0.6) is 0 Å². The number of carboxylic acid groups (broad SMARTS) is 1. The maximum atomic E-state index is 15.7. The Balaban J connectivity index is 2.00. The Morgan fingerprint density at radius 1 is 0.979 bits per heavy atom. The van der Waals surface area contributed by atoms with Crippen LogP contribution in [0.25, 0.3) is 11.1 Å². The zero-order valence-electron chi connectivity index (χ0n) is 28.1. The van der Waals surface area contributed by atoms with Gasteiger partial charge in [0.05, 0.1) is 18.0 Å². The summed E-state index contributed by atoms with van der Waals surface area (Å²) in [6, 6.07) is 5.02. The number of aryl methyl sites for hydroxylation is 3. The van der Waals surface area contributed by atoms with Crippen molar-refractivity contribution in [3.63, 3.8) is 0 Å². The summed E-state index contributed by atoms with van der Waals surface area (Å²) in [7, 11) is 3.68. The Morgan fingerprint density at radius 2 is 1.60 bits per heavy atom. The van der Waals surface area contributed by atoms with Gasteiger partial charge in [0.15, 0.2) is 0 Å². The van der Waals surface area contributed by atoms with Gasteiger partial charge in [0, 0.05) is 24.8 Å². The Bertz CT molecular complexity index is 1710. The molecule has 3 rings (SSSR count). The van der Waals surface area contributed by atoms with Crippen LogP contribution in [0, 0.1) is 32.5 Å². The van der Waals surface area contributed by atoms with Crippen molar-refractivity contribution >= 4 is 17.8 Å². The molecule has 2 aromatic carbocycles. The molecule has 1 aromatic heterocycles. The second kappa shape index (κ2) is 15.6. The number of hydrogen-bond acceptors (Lipinski definition) is 5. The van der Waals surface area contributed by atoms with Crippen LogP contribution in [0.3, 0.4) is 0 Å². The van der Waals surface area contributed by atoms with Crippen molar-refractivity contribution in [2.45, 2.75) is 72.3 Å². The van der Waals surface area contributed by atoms with E-state index < -0.39 is 59.4 Å². The van der Waals surface area contributed by atoms with Crippen molar-refractivity contribution in [3.8, 4) is 11.1 Å². The summed E-state index contributed by atoms with van der Waals surface area (Å²) in [6.07, 6.45) is -3.63. The first-order valence-corrected chi connectivity index (χ1v) is 15.5. The molecule has 0 spiro atoms. The van der Waals surface area contributed by atoms with E-state index in [0.717, 1.165) is 12.1 Å². The number of aromatic nitrogens is 1. The first kappa shape index (κ1) is 37.9. The fraction of sp³-hybridized carbons (Fsp3) is 0.429. The number of carboxylic acids is 1. The van der Waals surface area contributed by atoms with Gasteiger partial charge in [-0.1, -0.05) is 13.8 Å². The molecule has 48 heavy (non-hydrogen) atoms. The molecule has 260 valence electrons. The molecule has 0 saturated carbocycles. The molecular weight excluding hydrogens is 632 g/mol. The molecule has 1 heterocycles. The van der Waals surface area contributed by atoms with Crippen molar-refractivity contribution in [1.82, 2.24) is 20.1 Å². The van der Waals surface area contributed by atoms with Crippen molar-refractivity contribution < 1.29 is 37.1 Å². The third-order valence-corrected chi connectivity index (χ3v) is 7.88. The Kier molecular flexibility index (Phi) is 12.3. The number of hydrogen-bond donors (Lipinski definition) is 3. The molecule has 13 heteroatoms. The van der Waals surface area contributed by atoms with Gasteiger partial charge >= 0.3 is 12.1 Å². The minimum atomic E-state index is -4.57. The van der Waals surface area contributed by atoms with E-state index in [9.17, 15) is 37.5 Å². The lowest BCUT2D eigenvalue weighted by molar-refractivity contribution is -0.138. The number of likely N-dealkylation sites (N-methyl/N-ethyl adjacent to an activating group) is 1. The third-order valence-electron chi connectivity index (χ3n) is 7.88. The standard InChI is InChI=1S/C35H42F4N4O5/c1-19(2)13-28(41-32(46)25-9-8-10-43(34(25)48)12-11-42(6)7)33(47)40-27(18-29(44)45)26-17-23(14-22(5)31(26)36)30-20(3)15-24(16-21(30)4)35(37,38)39/h8-10,14-17,19,27-28H,11-13,18H2,1-7H3,(H,40,47)(H,41,46)(H,44,45)/t27-,28-/m0/s1. The average molecular weight is 675 g/mol. The van der Waals surface area contributed by atoms with Crippen LogP contribution in [-0.4, -0.2) is 59.0 Å². The summed E-state index contributed by atoms with van der Waals surface area (Å²) < 4.78 is 57.4. The van der Waals surface area contributed by atoms with Gasteiger partial charge < -0.3 is 25.2 Å². The summed E-state index contributed by atoms with van der Waals surface area (Å²) >= 11 is 0. The SMILES string of the molecule is Cc1cc(-c2c(C)cc(C(F)(F)F)cc2C)cc([C@H](CC(=O)O)NC(=O)[C@H](CC(C)C)NC(=O)c2cccn(CCN(C)C)c2=O)c1F. The van der Waals surface area contributed by atoms with Gasteiger partial charge in [-0.25, -0.2) is 4.39 Å². The first-order chi connectivity index (χ1) is 22.3. The Hall–Kier alpha value is -4.52. The topological polar surface area (TPSA) is 121 Å². The number of carbonyl (C=O) groups excluding carboxylic acids is 2. The lowest BCUT2D eigenvalue weighted by Gasteiger charge is -2.25. The van der Waals surface area contributed by atoms with E-state index in [2.05, 4.69) is 10.6 Å². The van der Waals surface area contributed by atoms with Gasteiger partial charge in [-0.2, -0.15) is 13.2 Å². The second-order valence-corrected chi connectivity index (χ2v) is 12.7. The number of nitrogens with zero attached hydrogens (tertiary/aromatic N) is 2. The maximum Gasteiger partial charge on any atom is 0.416 e. The highest BCUT2D eigenvalue weighted by Crippen LogP contribution is 2.37. The van der Waals surface area contributed by atoms with Crippen LogP contribution in [0.2, 0.25) is 0 Å². The number of carbonyl (C=O) groups is 3. The third kappa shape index (κ3) is 9.52. The molecule has 0 fully saturated rings. The Morgan fingerprint density at radius 3 is 2.15 bits per heavy atom. The molecule has 2 amide bonds. The zero-order chi connectivity index (χ0) is 36.1. The van der Waals surface area contributed by atoms with Crippen LogP contribution in [0.4, 0.5) is 17.6 Å². The highest BCUT2D eigenvalue weighted by atomic mass is 19.4. The summed E-state index contributed by atoms with van der Waals surface area (Å²) in [5.41, 5.74) is -0.343. The molecule has 0 radical (unpaired) electrons. The van der Waals surface area contributed by atoms with Crippen molar-refractivity contribution in [1.29, 1.82) is 0 Å². The Labute approximate surface area is 277 Å². The van der Waals surface area contributed by atoms with Crippen LogP contribution in [0.15, 0.2) is 47.4 Å². The highest BCUT2D eigenvalue weighted by Gasteiger charge is 2.32. The van der Waals surface area contributed by atoms with E-state index in [1.165, 1.54) is 43.5 Å². The summed E-state index contributed by atoms with van der Waals surface area (Å²) in [4.78, 5) is 53.8. The zero-order valence-corrected chi connectivity index (χ0v) is 28.1. The predicted molar refractivity (Wildman–Crippen MR) is 174 cm³/mol. The number of halogens is 4. The summed E-state index contributed by atoms with van der Waals surface area (Å²) in [5.74, 6) is -3.86. The molecular formula is C35H42F4N4O5. The molecule has 0 unspecified atom stereocenters. The van der Waals surface area contributed by atoms with Gasteiger partial charge in [0.2, 0.25) is 5.91 Å². The van der Waals surface area contributed by atoms with E-state index in [1.807, 2.05) is 19.0 Å². The number of amides is 2. The van der Waals surface area contributed by atoms with Gasteiger partial charge in [0.1, 0.15) is 17.4 Å². The highest BCUT2D eigenvalue weighted by molar-refractivity contribution is 5.97.